The number of hydrogen-bond donors (Lipinski definition) is 0. The molecule has 0 aliphatic carbocycles. The summed E-state index contributed by atoms with van der Waals surface area (Å²) >= 11 is 18.1. The molecule has 1 amide bonds. The van der Waals surface area contributed by atoms with Crippen molar-refractivity contribution in [2.45, 2.75) is 18.9 Å². The van der Waals surface area contributed by atoms with Gasteiger partial charge in [-0.15, -0.1) is 0 Å². The molecule has 1 fully saturated rings. The first-order valence-corrected chi connectivity index (χ1v) is 9.25. The third kappa shape index (κ3) is 4.68. The summed E-state index contributed by atoms with van der Waals surface area (Å²) in [7, 11) is 0. The minimum Gasteiger partial charge on any atom is -0.370 e. The highest BCUT2D eigenvalue weighted by molar-refractivity contribution is 6.42. The second kappa shape index (κ2) is 8.41. The Bertz CT molecular complexity index is 749. The number of morpholine rings is 1. The van der Waals surface area contributed by atoms with Crippen LogP contribution in [-0.4, -0.2) is 30.5 Å². The van der Waals surface area contributed by atoms with Crippen LogP contribution < -0.4 is 0 Å². The van der Waals surface area contributed by atoms with Crippen LogP contribution in [0.4, 0.5) is 0 Å². The summed E-state index contributed by atoms with van der Waals surface area (Å²) in [6.45, 7) is 1.67. The number of carbonyl (C=O) groups excluding carboxylic acids is 1. The van der Waals surface area contributed by atoms with E-state index in [0.29, 0.717) is 47.6 Å². The molecule has 3 nitrogen and oxygen atoms in total. The van der Waals surface area contributed by atoms with Gasteiger partial charge < -0.3 is 9.64 Å². The van der Waals surface area contributed by atoms with E-state index >= 15 is 0 Å². The number of benzene rings is 2. The normalized spacial score (nSPS) is 17.6. The Morgan fingerprint density at radius 3 is 2.64 bits per heavy atom. The molecule has 25 heavy (non-hydrogen) atoms. The van der Waals surface area contributed by atoms with Gasteiger partial charge in [0.25, 0.3) is 0 Å². The predicted molar refractivity (Wildman–Crippen MR) is 102 cm³/mol. The Labute approximate surface area is 162 Å². The van der Waals surface area contributed by atoms with Gasteiger partial charge >= 0.3 is 0 Å². The number of amides is 1. The average molecular weight is 399 g/mol. The van der Waals surface area contributed by atoms with Gasteiger partial charge in [0.15, 0.2) is 0 Å². The summed E-state index contributed by atoms with van der Waals surface area (Å²) in [5.41, 5.74) is 1.92. The van der Waals surface area contributed by atoms with E-state index in [9.17, 15) is 4.79 Å². The lowest BCUT2D eigenvalue weighted by Crippen LogP contribution is -2.42. The van der Waals surface area contributed by atoms with Crippen LogP contribution in [0.1, 0.15) is 23.7 Å². The summed E-state index contributed by atoms with van der Waals surface area (Å²) in [6.07, 6.45) is 0.846. The summed E-state index contributed by atoms with van der Waals surface area (Å²) in [5.74, 6) is 0.0957. The van der Waals surface area contributed by atoms with Crippen molar-refractivity contribution in [2.75, 3.05) is 19.7 Å². The zero-order valence-electron chi connectivity index (χ0n) is 13.6. The van der Waals surface area contributed by atoms with Crippen molar-refractivity contribution in [2.24, 2.45) is 0 Å². The van der Waals surface area contributed by atoms with Crippen molar-refractivity contribution in [3.05, 3.63) is 68.7 Å². The third-order valence-corrected chi connectivity index (χ3v) is 5.41. The molecule has 2 aromatic carbocycles. The molecule has 2 aromatic rings. The highest BCUT2D eigenvalue weighted by atomic mass is 35.5. The van der Waals surface area contributed by atoms with Gasteiger partial charge in [-0.2, -0.15) is 0 Å². The maximum Gasteiger partial charge on any atom is 0.223 e. The Morgan fingerprint density at radius 2 is 1.88 bits per heavy atom. The maximum absolute atomic E-state index is 12.6. The number of nitrogens with zero attached hydrogens (tertiary/aromatic N) is 1. The summed E-state index contributed by atoms with van der Waals surface area (Å²) in [6, 6.07) is 13.0. The second-order valence-electron chi connectivity index (χ2n) is 5.96. The van der Waals surface area contributed by atoms with E-state index in [1.54, 1.807) is 6.07 Å². The fourth-order valence-electron chi connectivity index (χ4n) is 2.90. The van der Waals surface area contributed by atoms with Crippen molar-refractivity contribution in [3.8, 4) is 0 Å². The Balaban J connectivity index is 1.60. The van der Waals surface area contributed by atoms with Gasteiger partial charge in [-0.3, -0.25) is 4.79 Å². The van der Waals surface area contributed by atoms with Gasteiger partial charge in [0.2, 0.25) is 5.91 Å². The van der Waals surface area contributed by atoms with Crippen LogP contribution in [0, 0.1) is 0 Å². The van der Waals surface area contributed by atoms with E-state index in [4.69, 9.17) is 39.5 Å². The lowest BCUT2D eigenvalue weighted by molar-refractivity contribution is -0.139. The molecule has 0 spiro atoms. The van der Waals surface area contributed by atoms with Gasteiger partial charge in [-0.05, 0) is 35.7 Å². The molecule has 0 bridgehead atoms. The number of hydrogen-bond acceptors (Lipinski definition) is 2. The summed E-state index contributed by atoms with van der Waals surface area (Å²) < 4.78 is 5.81. The fraction of sp³-hybridized carbons (Fsp3) is 0.316. The second-order valence-corrected chi connectivity index (χ2v) is 7.19. The molecule has 0 aromatic heterocycles. The van der Waals surface area contributed by atoms with Crippen molar-refractivity contribution in [1.82, 2.24) is 4.90 Å². The van der Waals surface area contributed by atoms with Crippen LogP contribution in [0.15, 0.2) is 42.5 Å². The Kier molecular flexibility index (Phi) is 6.24. The Morgan fingerprint density at radius 1 is 1.12 bits per heavy atom. The van der Waals surface area contributed by atoms with E-state index < -0.39 is 0 Å². The van der Waals surface area contributed by atoms with Crippen LogP contribution >= 0.6 is 34.8 Å². The minimum absolute atomic E-state index is 0.0957. The lowest BCUT2D eigenvalue weighted by atomic mass is 10.1. The van der Waals surface area contributed by atoms with Crippen LogP contribution in [0.25, 0.3) is 0 Å². The number of ether oxygens (including phenoxy) is 1. The molecule has 132 valence electrons. The molecule has 1 saturated heterocycles. The zero-order chi connectivity index (χ0) is 17.8. The SMILES string of the molecule is O=C(CCc1cccc(Cl)c1Cl)N1CCOC(c2ccc(Cl)cc2)C1. The van der Waals surface area contributed by atoms with E-state index in [-0.39, 0.29) is 12.0 Å². The van der Waals surface area contributed by atoms with E-state index in [2.05, 4.69) is 0 Å². The molecule has 1 heterocycles. The van der Waals surface area contributed by atoms with Gasteiger partial charge in [-0.1, -0.05) is 59.1 Å². The molecule has 0 radical (unpaired) electrons. The van der Waals surface area contributed by atoms with Gasteiger partial charge in [-0.25, -0.2) is 0 Å². The Hall–Kier alpha value is -1.26. The number of carbonyl (C=O) groups is 1. The summed E-state index contributed by atoms with van der Waals surface area (Å²) in [5, 5.41) is 1.73. The molecular weight excluding hydrogens is 381 g/mol. The van der Waals surface area contributed by atoms with Crippen molar-refractivity contribution < 1.29 is 9.53 Å². The van der Waals surface area contributed by atoms with E-state index in [0.717, 1.165) is 11.1 Å². The maximum atomic E-state index is 12.6. The van der Waals surface area contributed by atoms with E-state index in [1.165, 1.54) is 0 Å². The topological polar surface area (TPSA) is 29.5 Å². The highest BCUT2D eigenvalue weighted by Gasteiger charge is 2.25. The molecule has 6 heteroatoms. The fourth-order valence-corrected chi connectivity index (χ4v) is 3.44. The van der Waals surface area contributed by atoms with Crippen LogP contribution in [-0.2, 0) is 16.0 Å². The van der Waals surface area contributed by atoms with Crippen molar-refractivity contribution in [1.29, 1.82) is 0 Å². The largest absolute Gasteiger partial charge is 0.370 e. The third-order valence-electron chi connectivity index (χ3n) is 4.30. The van der Waals surface area contributed by atoms with Crippen LogP contribution in [0.5, 0.6) is 0 Å². The monoisotopic (exact) mass is 397 g/mol. The van der Waals surface area contributed by atoms with Crippen LogP contribution in [0.2, 0.25) is 15.1 Å². The average Bonchev–Trinajstić information content (AvgIpc) is 2.63. The molecule has 1 unspecified atom stereocenters. The minimum atomic E-state index is -0.121. The highest BCUT2D eigenvalue weighted by Crippen LogP contribution is 2.27. The molecule has 3 rings (SSSR count). The molecule has 1 aliphatic heterocycles. The van der Waals surface area contributed by atoms with E-state index in [1.807, 2.05) is 41.3 Å². The quantitative estimate of drug-likeness (QED) is 0.710. The summed E-state index contributed by atoms with van der Waals surface area (Å²) in [4.78, 5) is 14.4. The standard InChI is InChI=1S/C19H18Cl3NO2/c20-15-7-4-13(5-8-15)17-12-23(10-11-25-17)18(24)9-6-14-2-1-3-16(21)19(14)22/h1-5,7-8,17H,6,9-12H2. The first-order chi connectivity index (χ1) is 12.0. The first kappa shape index (κ1) is 18.5. The van der Waals surface area contributed by atoms with Gasteiger partial charge in [0, 0.05) is 18.0 Å². The lowest BCUT2D eigenvalue weighted by Gasteiger charge is -2.33. The molecule has 1 aliphatic rings. The van der Waals surface area contributed by atoms with Crippen molar-refractivity contribution >= 4 is 40.7 Å². The molecule has 0 saturated carbocycles. The van der Waals surface area contributed by atoms with Crippen molar-refractivity contribution in [3.63, 3.8) is 0 Å². The van der Waals surface area contributed by atoms with Gasteiger partial charge in [0.05, 0.1) is 23.2 Å². The molecule has 0 N–H and O–H groups in total. The molecule has 1 atom stereocenters. The smallest absolute Gasteiger partial charge is 0.223 e. The number of halogens is 3. The van der Waals surface area contributed by atoms with Gasteiger partial charge in [0.1, 0.15) is 6.10 Å². The predicted octanol–water partition coefficient (Wildman–Crippen LogP) is 5.18. The van der Waals surface area contributed by atoms with Crippen LogP contribution in [0.3, 0.4) is 0 Å². The molecular formula is C19H18Cl3NO2. The zero-order valence-corrected chi connectivity index (χ0v) is 15.8. The number of rotatable bonds is 4. The first-order valence-electron chi connectivity index (χ1n) is 8.12. The number of aryl methyl sites for hydroxylation is 1.